The molecule has 0 fully saturated rings. The lowest BCUT2D eigenvalue weighted by molar-refractivity contribution is 0.121. The number of aromatic hydroxyl groups is 1. The Bertz CT molecular complexity index is 313. The first-order chi connectivity index (χ1) is 8.21. The summed E-state index contributed by atoms with van der Waals surface area (Å²) in [7, 11) is 1.62. The summed E-state index contributed by atoms with van der Waals surface area (Å²) in [4.78, 5) is 0. The van der Waals surface area contributed by atoms with Crippen molar-refractivity contribution in [1.29, 1.82) is 0 Å². The molecule has 0 aromatic heterocycles. The molecule has 0 heterocycles. The van der Waals surface area contributed by atoms with E-state index in [1.54, 1.807) is 19.2 Å². The fraction of sp³-hybridized carbons (Fsp3) is 0.538. The number of aliphatic hydroxyl groups excluding tert-OH is 1. The van der Waals surface area contributed by atoms with Gasteiger partial charge in [0.2, 0.25) is 0 Å². The van der Waals surface area contributed by atoms with E-state index in [0.29, 0.717) is 6.61 Å². The molecule has 0 spiro atoms. The van der Waals surface area contributed by atoms with Crippen molar-refractivity contribution in [2.45, 2.75) is 25.4 Å². The Morgan fingerprint density at radius 2 is 1.94 bits per heavy atom. The molecule has 2 atom stereocenters. The van der Waals surface area contributed by atoms with Crippen LogP contribution >= 0.6 is 0 Å². The third-order valence-corrected chi connectivity index (χ3v) is 2.73. The standard InChI is InChI=1S/C13H21NO3/c1-3-13(14-11(8-15)9-17-2)10-4-6-12(16)7-5-10/h4-7,11,13-16H,3,8-9H2,1-2H3. The van der Waals surface area contributed by atoms with E-state index in [1.807, 2.05) is 12.1 Å². The first-order valence-electron chi connectivity index (χ1n) is 5.86. The fourth-order valence-electron chi connectivity index (χ4n) is 1.80. The smallest absolute Gasteiger partial charge is 0.115 e. The molecular weight excluding hydrogens is 218 g/mol. The van der Waals surface area contributed by atoms with Crippen molar-refractivity contribution < 1.29 is 14.9 Å². The number of ether oxygens (including phenoxy) is 1. The Balaban J connectivity index is 2.67. The summed E-state index contributed by atoms with van der Waals surface area (Å²) in [6.07, 6.45) is 0.908. The van der Waals surface area contributed by atoms with Crippen LogP contribution in [0.2, 0.25) is 0 Å². The Morgan fingerprint density at radius 1 is 1.29 bits per heavy atom. The van der Waals surface area contributed by atoms with Crippen LogP contribution in [0.15, 0.2) is 24.3 Å². The number of hydrogen-bond acceptors (Lipinski definition) is 4. The second-order valence-corrected chi connectivity index (χ2v) is 4.05. The van der Waals surface area contributed by atoms with Crippen molar-refractivity contribution in [3.63, 3.8) is 0 Å². The molecule has 1 aromatic carbocycles. The van der Waals surface area contributed by atoms with Crippen LogP contribution in [-0.2, 0) is 4.74 Å². The van der Waals surface area contributed by atoms with E-state index in [-0.39, 0.29) is 24.4 Å². The molecule has 0 saturated carbocycles. The molecule has 3 N–H and O–H groups in total. The summed E-state index contributed by atoms with van der Waals surface area (Å²) in [5, 5.41) is 21.8. The van der Waals surface area contributed by atoms with Crippen LogP contribution < -0.4 is 5.32 Å². The molecular formula is C13H21NO3. The topological polar surface area (TPSA) is 61.7 Å². The van der Waals surface area contributed by atoms with Crippen LogP contribution in [0.1, 0.15) is 24.9 Å². The third-order valence-electron chi connectivity index (χ3n) is 2.73. The highest BCUT2D eigenvalue weighted by molar-refractivity contribution is 5.28. The number of nitrogens with one attached hydrogen (secondary N) is 1. The number of benzene rings is 1. The van der Waals surface area contributed by atoms with Gasteiger partial charge in [0.1, 0.15) is 5.75 Å². The average molecular weight is 239 g/mol. The van der Waals surface area contributed by atoms with Crippen LogP contribution in [0.25, 0.3) is 0 Å². The predicted octanol–water partition coefficient (Wildman–Crippen LogP) is 1.44. The van der Waals surface area contributed by atoms with Gasteiger partial charge in [-0.3, -0.25) is 0 Å². The van der Waals surface area contributed by atoms with Crippen molar-refractivity contribution in [2.24, 2.45) is 0 Å². The molecule has 4 heteroatoms. The summed E-state index contributed by atoms with van der Waals surface area (Å²) < 4.78 is 5.03. The number of methoxy groups -OCH3 is 1. The highest BCUT2D eigenvalue weighted by atomic mass is 16.5. The lowest BCUT2D eigenvalue weighted by Gasteiger charge is -2.23. The van der Waals surface area contributed by atoms with Gasteiger partial charge in [0.15, 0.2) is 0 Å². The number of phenolic OH excluding ortho intramolecular Hbond substituents is 1. The zero-order chi connectivity index (χ0) is 12.7. The summed E-state index contributed by atoms with van der Waals surface area (Å²) in [6, 6.07) is 7.20. The maximum Gasteiger partial charge on any atom is 0.115 e. The van der Waals surface area contributed by atoms with Crippen LogP contribution in [0.4, 0.5) is 0 Å². The SMILES string of the molecule is CCC(NC(CO)COC)c1ccc(O)cc1. The lowest BCUT2D eigenvalue weighted by Crippen LogP contribution is -2.38. The molecule has 0 radical (unpaired) electrons. The van der Waals surface area contributed by atoms with Crippen LogP contribution in [0, 0.1) is 0 Å². The quantitative estimate of drug-likeness (QED) is 0.674. The monoisotopic (exact) mass is 239 g/mol. The third kappa shape index (κ3) is 4.34. The number of phenols is 1. The minimum Gasteiger partial charge on any atom is -0.508 e. The Kier molecular flexibility index (Phi) is 5.97. The van der Waals surface area contributed by atoms with Gasteiger partial charge < -0.3 is 20.3 Å². The first-order valence-corrected chi connectivity index (χ1v) is 5.86. The number of aliphatic hydroxyl groups is 1. The predicted molar refractivity (Wildman–Crippen MR) is 67.0 cm³/mol. The highest BCUT2D eigenvalue weighted by Gasteiger charge is 2.14. The van der Waals surface area contributed by atoms with Crippen molar-refractivity contribution in [2.75, 3.05) is 20.3 Å². The van der Waals surface area contributed by atoms with Crippen molar-refractivity contribution in [3.05, 3.63) is 29.8 Å². The van der Waals surface area contributed by atoms with Crippen LogP contribution in [0.3, 0.4) is 0 Å². The highest BCUT2D eigenvalue weighted by Crippen LogP contribution is 2.19. The van der Waals surface area contributed by atoms with Crippen LogP contribution in [-0.4, -0.2) is 36.6 Å². The maximum atomic E-state index is 9.24. The minimum absolute atomic E-state index is 0.0441. The Hall–Kier alpha value is -1.10. The van der Waals surface area contributed by atoms with Gasteiger partial charge in [0.05, 0.1) is 19.3 Å². The van der Waals surface area contributed by atoms with Crippen LogP contribution in [0.5, 0.6) is 5.75 Å². The molecule has 0 aliphatic rings. The largest absolute Gasteiger partial charge is 0.508 e. The normalized spacial score (nSPS) is 14.5. The molecule has 17 heavy (non-hydrogen) atoms. The molecule has 96 valence electrons. The van der Waals surface area contributed by atoms with Gasteiger partial charge in [-0.2, -0.15) is 0 Å². The van der Waals surface area contributed by atoms with Crippen molar-refractivity contribution in [1.82, 2.24) is 5.32 Å². The summed E-state index contributed by atoms with van der Waals surface area (Å²) in [5.41, 5.74) is 1.10. The van der Waals surface area contributed by atoms with Crippen molar-refractivity contribution in [3.8, 4) is 5.75 Å². The van der Waals surface area contributed by atoms with E-state index in [2.05, 4.69) is 12.2 Å². The molecule has 1 aromatic rings. The second kappa shape index (κ2) is 7.27. The van der Waals surface area contributed by atoms with Gasteiger partial charge in [-0.15, -0.1) is 0 Å². The summed E-state index contributed by atoms with van der Waals surface area (Å²) >= 11 is 0. The Labute approximate surface area is 102 Å². The minimum atomic E-state index is -0.0706. The summed E-state index contributed by atoms with van der Waals surface area (Å²) in [5.74, 6) is 0.263. The van der Waals surface area contributed by atoms with Crippen molar-refractivity contribution >= 4 is 0 Å². The fourth-order valence-corrected chi connectivity index (χ4v) is 1.80. The molecule has 0 amide bonds. The maximum absolute atomic E-state index is 9.24. The Morgan fingerprint density at radius 3 is 2.41 bits per heavy atom. The van der Waals surface area contributed by atoms with Gasteiger partial charge in [-0.05, 0) is 24.1 Å². The van der Waals surface area contributed by atoms with E-state index in [4.69, 9.17) is 4.74 Å². The van der Waals surface area contributed by atoms with E-state index < -0.39 is 0 Å². The summed E-state index contributed by atoms with van der Waals surface area (Å²) in [6.45, 7) is 2.60. The van der Waals surface area contributed by atoms with E-state index in [9.17, 15) is 10.2 Å². The molecule has 0 aliphatic heterocycles. The molecule has 0 aliphatic carbocycles. The van der Waals surface area contributed by atoms with Gasteiger partial charge in [-0.25, -0.2) is 0 Å². The van der Waals surface area contributed by atoms with E-state index in [0.717, 1.165) is 12.0 Å². The lowest BCUT2D eigenvalue weighted by atomic mass is 10.0. The average Bonchev–Trinajstić information content (AvgIpc) is 2.36. The second-order valence-electron chi connectivity index (χ2n) is 4.05. The van der Waals surface area contributed by atoms with E-state index in [1.165, 1.54) is 0 Å². The van der Waals surface area contributed by atoms with Gasteiger partial charge in [-0.1, -0.05) is 19.1 Å². The molecule has 2 unspecified atom stereocenters. The zero-order valence-electron chi connectivity index (χ0n) is 10.4. The molecule has 0 saturated heterocycles. The van der Waals surface area contributed by atoms with Gasteiger partial charge in [0.25, 0.3) is 0 Å². The zero-order valence-corrected chi connectivity index (χ0v) is 10.4. The van der Waals surface area contributed by atoms with E-state index >= 15 is 0 Å². The molecule has 1 rings (SSSR count). The number of hydrogen-bond donors (Lipinski definition) is 3. The van der Waals surface area contributed by atoms with Gasteiger partial charge >= 0.3 is 0 Å². The molecule has 4 nitrogen and oxygen atoms in total. The van der Waals surface area contributed by atoms with Gasteiger partial charge in [0, 0.05) is 13.2 Å². The number of rotatable bonds is 7. The first kappa shape index (κ1) is 14.0. The molecule has 0 bridgehead atoms.